The van der Waals surface area contributed by atoms with Crippen molar-refractivity contribution in [3.05, 3.63) is 11.8 Å². The summed E-state index contributed by atoms with van der Waals surface area (Å²) in [7, 11) is 1.99. The van der Waals surface area contributed by atoms with Gasteiger partial charge in [-0.05, 0) is 19.0 Å². The maximum Gasteiger partial charge on any atom is 0.0912 e. The lowest BCUT2D eigenvalue weighted by Gasteiger charge is -2.12. The van der Waals surface area contributed by atoms with Gasteiger partial charge in [-0.25, -0.2) is 0 Å². The molecule has 58 valence electrons. The molecule has 0 bridgehead atoms. The second-order valence-corrected chi connectivity index (χ2v) is 2.56. The Morgan fingerprint density at radius 1 is 1.80 bits per heavy atom. The SMILES string of the molecule is CCC(NC)C1=COCC1. The summed E-state index contributed by atoms with van der Waals surface area (Å²) in [6.45, 7) is 3.05. The minimum atomic E-state index is 0.530. The van der Waals surface area contributed by atoms with Crippen molar-refractivity contribution in [2.45, 2.75) is 25.8 Å². The third-order valence-electron chi connectivity index (χ3n) is 1.95. The van der Waals surface area contributed by atoms with Crippen molar-refractivity contribution >= 4 is 0 Å². The average molecular weight is 141 g/mol. The van der Waals surface area contributed by atoms with Crippen molar-refractivity contribution in [3.63, 3.8) is 0 Å². The van der Waals surface area contributed by atoms with Gasteiger partial charge in [0.2, 0.25) is 0 Å². The highest BCUT2D eigenvalue weighted by atomic mass is 16.5. The Morgan fingerprint density at radius 3 is 3.00 bits per heavy atom. The van der Waals surface area contributed by atoms with E-state index in [2.05, 4.69) is 12.2 Å². The summed E-state index contributed by atoms with van der Waals surface area (Å²) >= 11 is 0. The van der Waals surface area contributed by atoms with Gasteiger partial charge in [0.15, 0.2) is 0 Å². The van der Waals surface area contributed by atoms with Gasteiger partial charge < -0.3 is 10.1 Å². The van der Waals surface area contributed by atoms with E-state index in [9.17, 15) is 0 Å². The number of likely N-dealkylation sites (N-methyl/N-ethyl adjacent to an activating group) is 1. The molecule has 1 aliphatic rings. The van der Waals surface area contributed by atoms with E-state index in [4.69, 9.17) is 4.74 Å². The van der Waals surface area contributed by atoms with Gasteiger partial charge in [-0.1, -0.05) is 6.92 Å². The van der Waals surface area contributed by atoms with Gasteiger partial charge in [0.05, 0.1) is 12.9 Å². The molecule has 0 aliphatic carbocycles. The molecule has 2 heteroatoms. The molecule has 1 aliphatic heterocycles. The van der Waals surface area contributed by atoms with E-state index in [0.29, 0.717) is 6.04 Å². The summed E-state index contributed by atoms with van der Waals surface area (Å²) in [6.07, 6.45) is 4.13. The smallest absolute Gasteiger partial charge is 0.0912 e. The van der Waals surface area contributed by atoms with Crippen LogP contribution in [0.1, 0.15) is 19.8 Å². The van der Waals surface area contributed by atoms with Crippen LogP contribution >= 0.6 is 0 Å². The maximum absolute atomic E-state index is 5.14. The van der Waals surface area contributed by atoms with Crippen LogP contribution in [0.5, 0.6) is 0 Å². The van der Waals surface area contributed by atoms with Gasteiger partial charge in [-0.15, -0.1) is 0 Å². The van der Waals surface area contributed by atoms with E-state index >= 15 is 0 Å². The van der Waals surface area contributed by atoms with Crippen molar-refractivity contribution in [1.29, 1.82) is 0 Å². The van der Waals surface area contributed by atoms with Crippen molar-refractivity contribution in [3.8, 4) is 0 Å². The highest BCUT2D eigenvalue weighted by molar-refractivity contribution is 5.10. The zero-order chi connectivity index (χ0) is 7.40. The summed E-state index contributed by atoms with van der Waals surface area (Å²) in [5, 5.41) is 3.25. The first-order chi connectivity index (χ1) is 4.88. The minimum Gasteiger partial charge on any atom is -0.501 e. The van der Waals surface area contributed by atoms with E-state index in [-0.39, 0.29) is 0 Å². The van der Waals surface area contributed by atoms with Gasteiger partial charge >= 0.3 is 0 Å². The first kappa shape index (κ1) is 7.61. The van der Waals surface area contributed by atoms with Crippen LogP contribution in [-0.4, -0.2) is 19.7 Å². The predicted octanol–water partition coefficient (Wildman–Crippen LogP) is 1.29. The number of nitrogens with one attached hydrogen (secondary N) is 1. The molecule has 10 heavy (non-hydrogen) atoms. The molecule has 0 saturated carbocycles. The Bertz CT molecular complexity index is 127. The number of rotatable bonds is 3. The lowest BCUT2D eigenvalue weighted by molar-refractivity contribution is 0.281. The molecule has 1 unspecified atom stereocenters. The molecular formula is C8H15NO. The lowest BCUT2D eigenvalue weighted by Crippen LogP contribution is -2.25. The minimum absolute atomic E-state index is 0.530. The fourth-order valence-electron chi connectivity index (χ4n) is 1.31. The van der Waals surface area contributed by atoms with Gasteiger partial charge in [-0.3, -0.25) is 0 Å². The van der Waals surface area contributed by atoms with Crippen LogP contribution in [0.2, 0.25) is 0 Å². The van der Waals surface area contributed by atoms with Crippen molar-refractivity contribution in [2.75, 3.05) is 13.7 Å². The molecule has 0 radical (unpaired) electrons. The molecule has 0 spiro atoms. The Balaban J connectivity index is 2.44. The van der Waals surface area contributed by atoms with E-state index in [1.54, 1.807) is 0 Å². The fourth-order valence-corrected chi connectivity index (χ4v) is 1.31. The monoisotopic (exact) mass is 141 g/mol. The Kier molecular flexibility index (Phi) is 2.75. The Morgan fingerprint density at radius 2 is 2.60 bits per heavy atom. The molecular weight excluding hydrogens is 126 g/mol. The summed E-state index contributed by atoms with van der Waals surface area (Å²) < 4.78 is 5.14. The standard InChI is InChI=1S/C8H15NO/c1-3-8(9-2)7-4-5-10-6-7/h6,8-9H,3-5H2,1-2H3. The fraction of sp³-hybridized carbons (Fsp3) is 0.750. The Hall–Kier alpha value is -0.500. The summed E-state index contributed by atoms with van der Waals surface area (Å²) in [4.78, 5) is 0. The molecule has 0 amide bonds. The number of hydrogen-bond acceptors (Lipinski definition) is 2. The van der Waals surface area contributed by atoms with Crippen LogP contribution in [-0.2, 0) is 4.74 Å². The summed E-state index contributed by atoms with van der Waals surface area (Å²) in [6, 6.07) is 0.530. The van der Waals surface area contributed by atoms with Gasteiger partial charge in [0.1, 0.15) is 0 Å². The van der Waals surface area contributed by atoms with Crippen LogP contribution < -0.4 is 5.32 Å². The molecule has 1 heterocycles. The van der Waals surface area contributed by atoms with Crippen molar-refractivity contribution in [2.24, 2.45) is 0 Å². The van der Waals surface area contributed by atoms with Crippen LogP contribution in [0.15, 0.2) is 11.8 Å². The van der Waals surface area contributed by atoms with Crippen LogP contribution in [0.3, 0.4) is 0 Å². The molecule has 1 rings (SSSR count). The third kappa shape index (κ3) is 1.51. The number of ether oxygens (including phenoxy) is 1. The second kappa shape index (κ2) is 3.62. The zero-order valence-electron chi connectivity index (χ0n) is 6.68. The molecule has 0 aromatic heterocycles. The molecule has 2 nitrogen and oxygen atoms in total. The van der Waals surface area contributed by atoms with Crippen LogP contribution in [0.4, 0.5) is 0 Å². The van der Waals surface area contributed by atoms with Gasteiger partial charge in [0.25, 0.3) is 0 Å². The highest BCUT2D eigenvalue weighted by Crippen LogP contribution is 2.15. The molecule has 0 aromatic rings. The van der Waals surface area contributed by atoms with Crippen molar-refractivity contribution < 1.29 is 4.74 Å². The van der Waals surface area contributed by atoms with E-state index in [0.717, 1.165) is 19.4 Å². The summed E-state index contributed by atoms with van der Waals surface area (Å²) in [5.74, 6) is 0. The normalized spacial score (nSPS) is 20.0. The lowest BCUT2D eigenvalue weighted by atomic mass is 10.1. The molecule has 0 saturated heterocycles. The number of hydrogen-bond donors (Lipinski definition) is 1. The maximum atomic E-state index is 5.14. The molecule has 0 aromatic carbocycles. The quantitative estimate of drug-likeness (QED) is 0.639. The predicted molar refractivity (Wildman–Crippen MR) is 41.8 cm³/mol. The zero-order valence-corrected chi connectivity index (χ0v) is 6.68. The van der Waals surface area contributed by atoms with Gasteiger partial charge in [-0.2, -0.15) is 0 Å². The Labute approximate surface area is 62.3 Å². The van der Waals surface area contributed by atoms with E-state index < -0.39 is 0 Å². The van der Waals surface area contributed by atoms with Crippen LogP contribution in [0, 0.1) is 0 Å². The van der Waals surface area contributed by atoms with E-state index in [1.807, 2.05) is 13.3 Å². The second-order valence-electron chi connectivity index (χ2n) is 2.56. The molecule has 1 atom stereocenters. The van der Waals surface area contributed by atoms with Crippen LogP contribution in [0.25, 0.3) is 0 Å². The molecule has 0 fully saturated rings. The first-order valence-electron chi connectivity index (χ1n) is 3.86. The highest BCUT2D eigenvalue weighted by Gasteiger charge is 2.13. The molecule has 1 N–H and O–H groups in total. The topological polar surface area (TPSA) is 21.3 Å². The van der Waals surface area contributed by atoms with E-state index in [1.165, 1.54) is 5.57 Å². The largest absolute Gasteiger partial charge is 0.501 e. The third-order valence-corrected chi connectivity index (χ3v) is 1.95. The summed E-state index contributed by atoms with van der Waals surface area (Å²) in [5.41, 5.74) is 1.41. The van der Waals surface area contributed by atoms with Crippen molar-refractivity contribution in [1.82, 2.24) is 5.32 Å². The van der Waals surface area contributed by atoms with Gasteiger partial charge in [0, 0.05) is 12.5 Å². The average Bonchev–Trinajstić information content (AvgIpc) is 2.43. The first-order valence-corrected chi connectivity index (χ1v) is 3.86.